The molecule has 3 nitrogen and oxygen atoms in total. The van der Waals surface area contributed by atoms with Crippen LogP contribution in [0.15, 0.2) is 12.1 Å². The van der Waals surface area contributed by atoms with Gasteiger partial charge in [0.1, 0.15) is 0 Å². The van der Waals surface area contributed by atoms with Crippen LogP contribution in [0.1, 0.15) is 36.4 Å². The van der Waals surface area contributed by atoms with E-state index in [0.29, 0.717) is 6.10 Å². The number of nitrogens with zero attached hydrogens (tertiary/aromatic N) is 1. The van der Waals surface area contributed by atoms with Crippen LogP contribution < -0.4 is 5.32 Å². The molecule has 1 fully saturated rings. The van der Waals surface area contributed by atoms with Gasteiger partial charge in [0, 0.05) is 23.5 Å². The van der Waals surface area contributed by atoms with Crippen molar-refractivity contribution in [1.29, 1.82) is 0 Å². The normalized spacial score (nSPS) is 22.3. The van der Waals surface area contributed by atoms with Gasteiger partial charge in [-0.2, -0.15) is 0 Å². The number of nitrogens with one attached hydrogen (secondary N) is 1. The summed E-state index contributed by atoms with van der Waals surface area (Å²) in [4.78, 5) is 4.47. The number of rotatable bonds is 3. The number of aryl methyl sites for hydroxylation is 2. The van der Waals surface area contributed by atoms with Crippen molar-refractivity contribution < 1.29 is 4.74 Å². The van der Waals surface area contributed by atoms with Crippen LogP contribution >= 0.6 is 0 Å². The molecular formula is C13H20N2O. The van der Waals surface area contributed by atoms with Crippen molar-refractivity contribution in [3.05, 3.63) is 29.1 Å². The van der Waals surface area contributed by atoms with Crippen molar-refractivity contribution in [1.82, 2.24) is 10.3 Å². The molecule has 1 aromatic rings. The van der Waals surface area contributed by atoms with Crippen LogP contribution in [-0.4, -0.2) is 24.2 Å². The molecule has 0 radical (unpaired) electrons. The minimum atomic E-state index is 0.137. The fourth-order valence-corrected chi connectivity index (χ4v) is 2.23. The summed E-state index contributed by atoms with van der Waals surface area (Å²) < 4.78 is 6.02. The smallest absolute Gasteiger partial charge is 0.0818 e. The predicted molar refractivity (Wildman–Crippen MR) is 64.5 cm³/mol. The Labute approximate surface area is 97.2 Å². The van der Waals surface area contributed by atoms with Gasteiger partial charge in [0.2, 0.25) is 0 Å². The lowest BCUT2D eigenvalue weighted by atomic mass is 10.1. The summed E-state index contributed by atoms with van der Waals surface area (Å²) in [6, 6.07) is 4.18. The molecule has 1 N–H and O–H groups in total. The number of aromatic nitrogens is 1. The molecule has 2 rings (SSSR count). The lowest BCUT2D eigenvalue weighted by Gasteiger charge is -2.19. The molecule has 0 amide bonds. The summed E-state index contributed by atoms with van der Waals surface area (Å²) in [7, 11) is 0. The standard InChI is InChI=1S/C13H20N2O/c1-9-4-5-13(10(2)15-9)11(3)16-12-6-7-14-8-12/h4-5,11-12,14H,6-8H2,1-3H3/t11-,12-/m1/s1. The molecule has 16 heavy (non-hydrogen) atoms. The molecule has 1 aliphatic rings. The Balaban J connectivity index is 2.04. The Morgan fingerprint density at radius 2 is 2.25 bits per heavy atom. The summed E-state index contributed by atoms with van der Waals surface area (Å²) in [5.74, 6) is 0. The van der Waals surface area contributed by atoms with E-state index in [-0.39, 0.29) is 6.10 Å². The molecule has 3 heteroatoms. The molecule has 1 aliphatic heterocycles. The van der Waals surface area contributed by atoms with Crippen LogP contribution in [0.4, 0.5) is 0 Å². The van der Waals surface area contributed by atoms with E-state index in [9.17, 15) is 0 Å². The van der Waals surface area contributed by atoms with Gasteiger partial charge < -0.3 is 10.1 Å². The third-order valence-electron chi connectivity index (χ3n) is 3.12. The Kier molecular flexibility index (Phi) is 3.56. The van der Waals surface area contributed by atoms with Gasteiger partial charge in [-0.3, -0.25) is 4.98 Å². The number of hydrogen-bond donors (Lipinski definition) is 1. The van der Waals surface area contributed by atoms with Gasteiger partial charge in [-0.05, 0) is 39.8 Å². The van der Waals surface area contributed by atoms with Crippen molar-refractivity contribution in [3.63, 3.8) is 0 Å². The van der Waals surface area contributed by atoms with E-state index in [0.717, 1.165) is 30.9 Å². The van der Waals surface area contributed by atoms with Gasteiger partial charge in [-0.25, -0.2) is 0 Å². The Bertz CT molecular complexity index is 359. The predicted octanol–water partition coefficient (Wildman–Crippen LogP) is 2.14. The molecule has 88 valence electrons. The SMILES string of the molecule is Cc1ccc([C@@H](C)O[C@@H]2CCNC2)c(C)n1. The van der Waals surface area contributed by atoms with Crippen LogP contribution in [0.5, 0.6) is 0 Å². The second-order valence-electron chi connectivity index (χ2n) is 4.52. The molecule has 1 aromatic heterocycles. The van der Waals surface area contributed by atoms with E-state index in [4.69, 9.17) is 4.74 Å². The highest BCUT2D eigenvalue weighted by molar-refractivity contribution is 5.23. The number of hydrogen-bond acceptors (Lipinski definition) is 3. The summed E-state index contributed by atoms with van der Waals surface area (Å²) >= 11 is 0. The van der Waals surface area contributed by atoms with Crippen LogP contribution in [0, 0.1) is 13.8 Å². The first-order valence-corrected chi connectivity index (χ1v) is 5.97. The van der Waals surface area contributed by atoms with Gasteiger partial charge in [0.25, 0.3) is 0 Å². The van der Waals surface area contributed by atoms with E-state index in [2.05, 4.69) is 36.3 Å². The first-order chi connectivity index (χ1) is 7.66. The number of ether oxygens (including phenoxy) is 1. The van der Waals surface area contributed by atoms with Crippen molar-refractivity contribution in [3.8, 4) is 0 Å². The van der Waals surface area contributed by atoms with E-state index in [1.165, 1.54) is 5.56 Å². The van der Waals surface area contributed by atoms with E-state index in [1.807, 2.05) is 6.92 Å². The van der Waals surface area contributed by atoms with Crippen LogP contribution in [-0.2, 0) is 4.74 Å². The molecule has 0 aromatic carbocycles. The Hall–Kier alpha value is -0.930. The molecular weight excluding hydrogens is 200 g/mol. The van der Waals surface area contributed by atoms with Crippen molar-refractivity contribution >= 4 is 0 Å². The van der Waals surface area contributed by atoms with Gasteiger partial charge in [0.15, 0.2) is 0 Å². The second-order valence-corrected chi connectivity index (χ2v) is 4.52. The van der Waals surface area contributed by atoms with E-state index >= 15 is 0 Å². The lowest BCUT2D eigenvalue weighted by Crippen LogP contribution is -2.19. The molecule has 1 saturated heterocycles. The number of pyridine rings is 1. The maximum Gasteiger partial charge on any atom is 0.0818 e. The summed E-state index contributed by atoms with van der Waals surface area (Å²) in [5, 5.41) is 3.31. The van der Waals surface area contributed by atoms with E-state index in [1.54, 1.807) is 0 Å². The second kappa shape index (κ2) is 4.93. The van der Waals surface area contributed by atoms with Crippen LogP contribution in [0.2, 0.25) is 0 Å². The van der Waals surface area contributed by atoms with Gasteiger partial charge in [0.05, 0.1) is 12.2 Å². The average molecular weight is 220 g/mol. The molecule has 0 aliphatic carbocycles. The van der Waals surface area contributed by atoms with Crippen molar-refractivity contribution in [2.45, 2.75) is 39.4 Å². The van der Waals surface area contributed by atoms with Gasteiger partial charge in [-0.15, -0.1) is 0 Å². The lowest BCUT2D eigenvalue weighted by molar-refractivity contribution is 0.00777. The Morgan fingerprint density at radius 1 is 1.44 bits per heavy atom. The van der Waals surface area contributed by atoms with Gasteiger partial charge in [-0.1, -0.05) is 6.07 Å². The zero-order valence-electron chi connectivity index (χ0n) is 10.3. The summed E-state index contributed by atoms with van der Waals surface area (Å²) in [6.07, 6.45) is 1.61. The fourth-order valence-electron chi connectivity index (χ4n) is 2.23. The fraction of sp³-hybridized carbons (Fsp3) is 0.615. The van der Waals surface area contributed by atoms with Crippen molar-refractivity contribution in [2.75, 3.05) is 13.1 Å². The molecule has 0 unspecified atom stereocenters. The van der Waals surface area contributed by atoms with Crippen molar-refractivity contribution in [2.24, 2.45) is 0 Å². The maximum absolute atomic E-state index is 6.02. The summed E-state index contributed by atoms with van der Waals surface area (Å²) in [5.41, 5.74) is 3.35. The highest BCUT2D eigenvalue weighted by atomic mass is 16.5. The average Bonchev–Trinajstić information content (AvgIpc) is 2.70. The monoisotopic (exact) mass is 220 g/mol. The maximum atomic E-state index is 6.02. The first kappa shape index (κ1) is 11.6. The third-order valence-corrected chi connectivity index (χ3v) is 3.12. The third kappa shape index (κ3) is 2.60. The zero-order valence-corrected chi connectivity index (χ0v) is 10.3. The quantitative estimate of drug-likeness (QED) is 0.847. The molecule has 0 bridgehead atoms. The zero-order chi connectivity index (χ0) is 11.5. The minimum absolute atomic E-state index is 0.137. The van der Waals surface area contributed by atoms with Crippen LogP contribution in [0.25, 0.3) is 0 Å². The molecule has 0 saturated carbocycles. The molecule has 2 heterocycles. The largest absolute Gasteiger partial charge is 0.369 e. The highest BCUT2D eigenvalue weighted by Crippen LogP contribution is 2.22. The topological polar surface area (TPSA) is 34.1 Å². The first-order valence-electron chi connectivity index (χ1n) is 5.97. The van der Waals surface area contributed by atoms with Crippen LogP contribution in [0.3, 0.4) is 0 Å². The highest BCUT2D eigenvalue weighted by Gasteiger charge is 2.19. The molecule has 0 spiro atoms. The summed E-state index contributed by atoms with van der Waals surface area (Å²) in [6.45, 7) is 8.22. The van der Waals surface area contributed by atoms with E-state index < -0.39 is 0 Å². The minimum Gasteiger partial charge on any atom is -0.369 e. The Morgan fingerprint density at radius 3 is 2.88 bits per heavy atom. The molecule has 2 atom stereocenters. The van der Waals surface area contributed by atoms with Gasteiger partial charge >= 0.3 is 0 Å².